The zero-order valence-corrected chi connectivity index (χ0v) is 17.9. The molecule has 0 unspecified atom stereocenters. The summed E-state index contributed by atoms with van der Waals surface area (Å²) in [5.74, 6) is -0.103. The summed E-state index contributed by atoms with van der Waals surface area (Å²) in [4.78, 5) is 12.4. The number of carbonyl (C=O) groups is 1. The van der Waals surface area contributed by atoms with Gasteiger partial charge in [-0.3, -0.25) is 4.79 Å². The number of carbonyl (C=O) groups excluding carboxylic acids is 1. The van der Waals surface area contributed by atoms with Gasteiger partial charge < -0.3 is 11.1 Å². The number of piperidine rings is 1. The molecule has 1 aliphatic heterocycles. The molecule has 1 aliphatic rings. The number of nitrogens with one attached hydrogen (secondary N) is 1. The van der Waals surface area contributed by atoms with Crippen LogP contribution in [0.25, 0.3) is 0 Å². The maximum atomic E-state index is 12.6. The first-order chi connectivity index (χ1) is 12.3. The Morgan fingerprint density at radius 2 is 1.67 bits per heavy atom. The van der Waals surface area contributed by atoms with E-state index in [0.717, 1.165) is 37.7 Å². The van der Waals surface area contributed by atoms with E-state index in [1.54, 1.807) is 28.6 Å². The van der Waals surface area contributed by atoms with Crippen molar-refractivity contribution in [1.29, 1.82) is 0 Å². The van der Waals surface area contributed by atoms with Crippen LogP contribution in [0.4, 0.5) is 0 Å². The predicted octanol–water partition coefficient (Wildman–Crippen LogP) is 2.46. The predicted molar refractivity (Wildman–Crippen MR) is 111 cm³/mol. The third-order valence-corrected chi connectivity index (χ3v) is 7.20. The highest BCUT2D eigenvalue weighted by molar-refractivity contribution is 7.89. The number of amides is 1. The van der Waals surface area contributed by atoms with Gasteiger partial charge in [0.15, 0.2) is 0 Å². The van der Waals surface area contributed by atoms with Crippen LogP contribution < -0.4 is 11.1 Å². The lowest BCUT2D eigenvalue weighted by Gasteiger charge is -2.27. The molecule has 1 amide bonds. The van der Waals surface area contributed by atoms with Crippen LogP contribution in [0.2, 0.25) is 0 Å². The molecule has 0 aromatic heterocycles. The lowest BCUT2D eigenvalue weighted by Crippen LogP contribution is -2.49. The molecular weight excluding hydrogens is 386 g/mol. The van der Waals surface area contributed by atoms with Crippen molar-refractivity contribution in [3.8, 4) is 0 Å². The second kappa shape index (κ2) is 10.4. The summed E-state index contributed by atoms with van der Waals surface area (Å²) in [5, 5.41) is 2.88. The molecule has 1 heterocycles. The van der Waals surface area contributed by atoms with E-state index in [2.05, 4.69) is 5.32 Å². The van der Waals surface area contributed by atoms with Crippen LogP contribution in [0.15, 0.2) is 29.2 Å². The first-order valence-electron chi connectivity index (χ1n) is 9.45. The lowest BCUT2D eigenvalue weighted by atomic mass is 9.94. The highest BCUT2D eigenvalue weighted by Gasteiger charge is 2.26. The second-order valence-corrected chi connectivity index (χ2v) is 9.07. The molecule has 0 radical (unpaired) electrons. The molecule has 1 fully saturated rings. The maximum absolute atomic E-state index is 12.6. The average Bonchev–Trinajstić information content (AvgIpc) is 2.67. The third kappa shape index (κ3) is 6.45. The van der Waals surface area contributed by atoms with Crippen molar-refractivity contribution in [1.82, 2.24) is 9.62 Å². The minimum atomic E-state index is -3.43. The molecule has 3 N–H and O–H groups in total. The Morgan fingerprint density at radius 1 is 1.11 bits per heavy atom. The van der Waals surface area contributed by atoms with Gasteiger partial charge in [-0.25, -0.2) is 8.42 Å². The highest BCUT2D eigenvalue weighted by Crippen LogP contribution is 2.21. The van der Waals surface area contributed by atoms with E-state index in [1.807, 2.05) is 13.8 Å². The SMILES string of the molecule is CCC(N)(CC)CNC(=O)Cc1ccc(S(=O)(=O)N2CCCCC2)cc1.Cl. The van der Waals surface area contributed by atoms with Gasteiger partial charge in [0.1, 0.15) is 0 Å². The molecule has 0 saturated carbocycles. The van der Waals surface area contributed by atoms with E-state index in [-0.39, 0.29) is 30.3 Å². The summed E-state index contributed by atoms with van der Waals surface area (Å²) in [7, 11) is -3.43. The fraction of sp³-hybridized carbons (Fsp3) is 0.632. The summed E-state index contributed by atoms with van der Waals surface area (Å²) >= 11 is 0. The quantitative estimate of drug-likeness (QED) is 0.679. The lowest BCUT2D eigenvalue weighted by molar-refractivity contribution is -0.120. The fourth-order valence-electron chi connectivity index (χ4n) is 3.06. The van der Waals surface area contributed by atoms with E-state index in [0.29, 0.717) is 24.5 Å². The van der Waals surface area contributed by atoms with Crippen LogP contribution in [-0.4, -0.2) is 43.8 Å². The van der Waals surface area contributed by atoms with Gasteiger partial charge in [-0.15, -0.1) is 12.4 Å². The van der Waals surface area contributed by atoms with Gasteiger partial charge in [-0.1, -0.05) is 32.4 Å². The van der Waals surface area contributed by atoms with E-state index in [4.69, 9.17) is 5.73 Å². The molecule has 6 nitrogen and oxygen atoms in total. The second-order valence-electron chi connectivity index (χ2n) is 7.13. The monoisotopic (exact) mass is 417 g/mol. The Morgan fingerprint density at radius 3 is 2.19 bits per heavy atom. The number of benzene rings is 1. The zero-order chi connectivity index (χ0) is 19.2. The molecular formula is C19H32ClN3O3S. The van der Waals surface area contributed by atoms with Crippen LogP contribution in [0.5, 0.6) is 0 Å². The van der Waals surface area contributed by atoms with E-state index in [1.165, 1.54) is 0 Å². The van der Waals surface area contributed by atoms with Crippen molar-refractivity contribution in [3.63, 3.8) is 0 Å². The van der Waals surface area contributed by atoms with E-state index in [9.17, 15) is 13.2 Å². The van der Waals surface area contributed by atoms with Crippen LogP contribution >= 0.6 is 12.4 Å². The minimum absolute atomic E-state index is 0. The number of halogens is 1. The van der Waals surface area contributed by atoms with Crippen molar-refractivity contribution in [2.24, 2.45) is 5.73 Å². The summed E-state index contributed by atoms with van der Waals surface area (Å²) in [6, 6.07) is 6.62. The van der Waals surface area contributed by atoms with Crippen LogP contribution in [0.1, 0.15) is 51.5 Å². The molecule has 1 aromatic rings. The minimum Gasteiger partial charge on any atom is -0.354 e. The molecule has 0 atom stereocenters. The molecule has 27 heavy (non-hydrogen) atoms. The van der Waals surface area contributed by atoms with Crippen molar-refractivity contribution in [3.05, 3.63) is 29.8 Å². The molecule has 154 valence electrons. The first kappa shape index (κ1) is 23.9. The van der Waals surface area contributed by atoms with E-state index >= 15 is 0 Å². The number of nitrogens with zero attached hydrogens (tertiary/aromatic N) is 1. The molecule has 0 bridgehead atoms. The molecule has 0 spiro atoms. The normalized spacial score (nSPS) is 15.8. The number of rotatable bonds is 8. The molecule has 1 aromatic carbocycles. The van der Waals surface area contributed by atoms with Crippen LogP contribution in [0.3, 0.4) is 0 Å². The maximum Gasteiger partial charge on any atom is 0.243 e. The first-order valence-corrected chi connectivity index (χ1v) is 10.9. The Labute approximate surface area is 169 Å². The van der Waals surface area contributed by atoms with Gasteiger partial charge in [0, 0.05) is 25.2 Å². The highest BCUT2D eigenvalue weighted by atomic mass is 35.5. The number of hydrogen-bond donors (Lipinski definition) is 2. The van der Waals surface area contributed by atoms with Gasteiger partial charge in [0.25, 0.3) is 0 Å². The molecule has 2 rings (SSSR count). The average molecular weight is 418 g/mol. The number of sulfonamides is 1. The standard InChI is InChI=1S/C19H31N3O3S.ClH/c1-3-19(20,4-2)15-21-18(23)14-16-8-10-17(11-9-16)26(24,25)22-12-6-5-7-13-22;/h8-11H,3-7,12-15,20H2,1-2H3,(H,21,23);1H. The molecule has 0 aliphatic carbocycles. The fourth-order valence-corrected chi connectivity index (χ4v) is 4.57. The van der Waals surface area contributed by atoms with Crippen molar-refractivity contribution in [2.75, 3.05) is 19.6 Å². The smallest absolute Gasteiger partial charge is 0.243 e. The Balaban J connectivity index is 0.00000364. The number of hydrogen-bond acceptors (Lipinski definition) is 4. The Bertz CT molecular complexity index is 697. The summed E-state index contributed by atoms with van der Waals surface area (Å²) in [6.07, 6.45) is 4.72. The number of nitrogens with two attached hydrogens (primary N) is 1. The summed E-state index contributed by atoms with van der Waals surface area (Å²) in [5.41, 5.74) is 6.61. The van der Waals surface area contributed by atoms with Gasteiger partial charge in [-0.2, -0.15) is 4.31 Å². The van der Waals surface area contributed by atoms with Crippen molar-refractivity contribution in [2.45, 2.75) is 62.8 Å². The van der Waals surface area contributed by atoms with Gasteiger partial charge in [-0.05, 0) is 43.4 Å². The third-order valence-electron chi connectivity index (χ3n) is 5.29. The van der Waals surface area contributed by atoms with E-state index < -0.39 is 10.0 Å². The van der Waals surface area contributed by atoms with Gasteiger partial charge >= 0.3 is 0 Å². The zero-order valence-electron chi connectivity index (χ0n) is 16.2. The van der Waals surface area contributed by atoms with Gasteiger partial charge in [0.2, 0.25) is 15.9 Å². The summed E-state index contributed by atoms with van der Waals surface area (Å²) in [6.45, 7) is 5.64. The Hall–Kier alpha value is -1.15. The largest absolute Gasteiger partial charge is 0.354 e. The van der Waals surface area contributed by atoms with Crippen molar-refractivity contribution >= 4 is 28.3 Å². The van der Waals surface area contributed by atoms with Crippen LogP contribution in [-0.2, 0) is 21.2 Å². The molecule has 8 heteroatoms. The van der Waals surface area contributed by atoms with Gasteiger partial charge in [0.05, 0.1) is 11.3 Å². The van der Waals surface area contributed by atoms with Crippen LogP contribution in [0, 0.1) is 0 Å². The topological polar surface area (TPSA) is 92.5 Å². The summed E-state index contributed by atoms with van der Waals surface area (Å²) < 4.78 is 26.8. The molecule has 1 saturated heterocycles. The van der Waals surface area contributed by atoms with Crippen molar-refractivity contribution < 1.29 is 13.2 Å². The Kier molecular flexibility index (Phi) is 9.21.